The van der Waals surface area contributed by atoms with Crippen LogP contribution in [0.3, 0.4) is 0 Å². The Hall–Kier alpha value is -2.47. The predicted molar refractivity (Wildman–Crippen MR) is 96.0 cm³/mol. The highest BCUT2D eigenvalue weighted by atomic mass is 35.5. The Morgan fingerprint density at radius 1 is 1.07 bits per heavy atom. The van der Waals surface area contributed by atoms with E-state index in [1.54, 1.807) is 11.0 Å². The first kappa shape index (κ1) is 17.9. The van der Waals surface area contributed by atoms with Gasteiger partial charge in [0.1, 0.15) is 11.6 Å². The zero-order valence-corrected chi connectivity index (χ0v) is 15.2. The Morgan fingerprint density at radius 2 is 1.78 bits per heavy atom. The van der Waals surface area contributed by atoms with Gasteiger partial charge in [-0.05, 0) is 47.4 Å². The molecule has 7 heteroatoms. The van der Waals surface area contributed by atoms with Gasteiger partial charge in [0.05, 0.1) is 12.5 Å². The van der Waals surface area contributed by atoms with Gasteiger partial charge in [0.25, 0.3) is 0 Å². The maximum absolute atomic E-state index is 13.3. The smallest absolute Gasteiger partial charge is 0.242 e. The standard InChI is InChI=1S/C20H17ClF2N2O2/c21-18-8-15(23)3-4-16(18)17-5-6-24(20(17)27)11-19(26)25-9-12-1-2-14(22)7-13(12)10-25/h1-4,7-8,17H,5-6,9-11H2. The first-order valence-corrected chi connectivity index (χ1v) is 9.09. The zero-order chi connectivity index (χ0) is 19.1. The monoisotopic (exact) mass is 390 g/mol. The molecule has 1 saturated heterocycles. The van der Waals surface area contributed by atoms with Gasteiger partial charge in [0.15, 0.2) is 0 Å². The fourth-order valence-corrected chi connectivity index (χ4v) is 4.07. The van der Waals surface area contributed by atoms with E-state index in [-0.39, 0.29) is 29.2 Å². The van der Waals surface area contributed by atoms with Crippen molar-refractivity contribution in [2.75, 3.05) is 13.1 Å². The molecule has 0 bridgehead atoms. The number of nitrogens with zero attached hydrogens (tertiary/aromatic N) is 2. The van der Waals surface area contributed by atoms with E-state index in [0.717, 1.165) is 11.1 Å². The molecule has 2 aliphatic rings. The first-order chi connectivity index (χ1) is 12.9. The number of benzene rings is 2. The number of halogens is 3. The van der Waals surface area contributed by atoms with Crippen molar-refractivity contribution >= 4 is 23.4 Å². The number of hydrogen-bond donors (Lipinski definition) is 0. The van der Waals surface area contributed by atoms with Crippen molar-refractivity contribution in [1.82, 2.24) is 9.80 Å². The molecule has 1 fully saturated rings. The van der Waals surface area contributed by atoms with E-state index in [4.69, 9.17) is 11.6 Å². The van der Waals surface area contributed by atoms with Crippen molar-refractivity contribution in [2.45, 2.75) is 25.4 Å². The predicted octanol–water partition coefficient (Wildman–Crippen LogP) is 3.48. The quantitative estimate of drug-likeness (QED) is 0.805. The SMILES string of the molecule is O=C(CN1CCC(c2ccc(F)cc2Cl)C1=O)N1Cc2ccc(F)cc2C1. The molecule has 0 N–H and O–H groups in total. The number of likely N-dealkylation sites (tertiary alicyclic amines) is 1. The van der Waals surface area contributed by atoms with E-state index in [0.29, 0.717) is 31.6 Å². The van der Waals surface area contributed by atoms with Gasteiger partial charge in [-0.3, -0.25) is 9.59 Å². The summed E-state index contributed by atoms with van der Waals surface area (Å²) in [5.74, 6) is -1.59. The Morgan fingerprint density at radius 3 is 2.56 bits per heavy atom. The molecule has 2 aromatic rings. The van der Waals surface area contributed by atoms with Gasteiger partial charge in [-0.1, -0.05) is 23.7 Å². The summed E-state index contributed by atoms with van der Waals surface area (Å²) in [6, 6.07) is 8.51. The summed E-state index contributed by atoms with van der Waals surface area (Å²) >= 11 is 6.08. The van der Waals surface area contributed by atoms with E-state index >= 15 is 0 Å². The average Bonchev–Trinajstić information content (AvgIpc) is 3.19. The number of carbonyl (C=O) groups excluding carboxylic acids is 2. The van der Waals surface area contributed by atoms with Crippen molar-refractivity contribution in [2.24, 2.45) is 0 Å². The third kappa shape index (κ3) is 3.41. The van der Waals surface area contributed by atoms with E-state index in [1.165, 1.54) is 35.2 Å². The van der Waals surface area contributed by atoms with Gasteiger partial charge in [0.2, 0.25) is 11.8 Å². The molecule has 2 heterocycles. The van der Waals surface area contributed by atoms with Crippen LogP contribution in [0.4, 0.5) is 8.78 Å². The lowest BCUT2D eigenvalue weighted by Crippen LogP contribution is -2.39. The van der Waals surface area contributed by atoms with Crippen molar-refractivity contribution < 1.29 is 18.4 Å². The van der Waals surface area contributed by atoms with Gasteiger partial charge >= 0.3 is 0 Å². The molecule has 0 aromatic heterocycles. The van der Waals surface area contributed by atoms with Crippen LogP contribution < -0.4 is 0 Å². The summed E-state index contributed by atoms with van der Waals surface area (Å²) in [6.45, 7) is 1.19. The Balaban J connectivity index is 1.42. The number of carbonyl (C=O) groups is 2. The number of fused-ring (bicyclic) bond motifs is 1. The molecule has 0 saturated carbocycles. The van der Waals surface area contributed by atoms with Crippen LogP contribution in [0, 0.1) is 11.6 Å². The van der Waals surface area contributed by atoms with Crippen LogP contribution in [-0.2, 0) is 22.7 Å². The lowest BCUT2D eigenvalue weighted by molar-refractivity contribution is -0.139. The highest BCUT2D eigenvalue weighted by molar-refractivity contribution is 6.31. The highest BCUT2D eigenvalue weighted by Gasteiger charge is 2.36. The zero-order valence-electron chi connectivity index (χ0n) is 14.4. The molecule has 2 aromatic carbocycles. The second-order valence-corrected chi connectivity index (χ2v) is 7.34. The van der Waals surface area contributed by atoms with Crippen molar-refractivity contribution in [3.8, 4) is 0 Å². The molecular formula is C20H17ClF2N2O2. The van der Waals surface area contributed by atoms with E-state index in [9.17, 15) is 18.4 Å². The Bertz CT molecular complexity index is 934. The minimum absolute atomic E-state index is 0.0232. The minimum Gasteiger partial charge on any atom is -0.333 e. The van der Waals surface area contributed by atoms with Gasteiger partial charge in [0, 0.05) is 24.7 Å². The third-order valence-corrected chi connectivity index (χ3v) is 5.53. The van der Waals surface area contributed by atoms with Crippen LogP contribution >= 0.6 is 11.6 Å². The summed E-state index contributed by atoms with van der Waals surface area (Å²) in [6.07, 6.45) is 0.531. The molecule has 140 valence electrons. The Kier molecular flexibility index (Phi) is 4.60. The van der Waals surface area contributed by atoms with Crippen LogP contribution in [0.25, 0.3) is 0 Å². The topological polar surface area (TPSA) is 40.6 Å². The van der Waals surface area contributed by atoms with Crippen molar-refractivity contribution in [1.29, 1.82) is 0 Å². The van der Waals surface area contributed by atoms with Gasteiger partial charge in [-0.15, -0.1) is 0 Å². The molecule has 0 radical (unpaired) electrons. The third-order valence-electron chi connectivity index (χ3n) is 5.20. The highest BCUT2D eigenvalue weighted by Crippen LogP contribution is 2.34. The van der Waals surface area contributed by atoms with Crippen LogP contribution in [0.15, 0.2) is 36.4 Å². The molecule has 4 nitrogen and oxygen atoms in total. The summed E-state index contributed by atoms with van der Waals surface area (Å²) in [4.78, 5) is 28.5. The lowest BCUT2D eigenvalue weighted by atomic mass is 9.98. The molecule has 4 rings (SSSR count). The van der Waals surface area contributed by atoms with Crippen LogP contribution in [0.1, 0.15) is 29.0 Å². The van der Waals surface area contributed by atoms with E-state index in [1.807, 2.05) is 0 Å². The van der Waals surface area contributed by atoms with E-state index < -0.39 is 11.7 Å². The largest absolute Gasteiger partial charge is 0.333 e. The number of hydrogen-bond acceptors (Lipinski definition) is 2. The Labute approximate surface area is 160 Å². The molecule has 27 heavy (non-hydrogen) atoms. The first-order valence-electron chi connectivity index (χ1n) is 8.71. The second kappa shape index (κ2) is 6.93. The molecule has 2 aliphatic heterocycles. The molecule has 1 unspecified atom stereocenters. The minimum atomic E-state index is -0.462. The average molecular weight is 391 g/mol. The maximum atomic E-state index is 13.3. The fraction of sp³-hybridized carbons (Fsp3) is 0.300. The summed E-state index contributed by atoms with van der Waals surface area (Å²) in [5.41, 5.74) is 2.31. The molecule has 0 aliphatic carbocycles. The molecule has 1 atom stereocenters. The van der Waals surface area contributed by atoms with E-state index in [2.05, 4.69) is 0 Å². The fourth-order valence-electron chi connectivity index (χ4n) is 3.77. The van der Waals surface area contributed by atoms with Gasteiger partial charge in [-0.25, -0.2) is 8.78 Å². The van der Waals surface area contributed by atoms with Gasteiger partial charge < -0.3 is 9.80 Å². The van der Waals surface area contributed by atoms with Crippen LogP contribution in [-0.4, -0.2) is 34.7 Å². The number of amides is 2. The van der Waals surface area contributed by atoms with Crippen LogP contribution in [0.5, 0.6) is 0 Å². The normalized spacial score (nSPS) is 18.9. The molecule has 0 spiro atoms. The van der Waals surface area contributed by atoms with Crippen molar-refractivity contribution in [3.63, 3.8) is 0 Å². The lowest BCUT2D eigenvalue weighted by Gasteiger charge is -2.21. The second-order valence-electron chi connectivity index (χ2n) is 6.93. The maximum Gasteiger partial charge on any atom is 0.242 e. The molecular weight excluding hydrogens is 374 g/mol. The molecule has 2 amide bonds. The van der Waals surface area contributed by atoms with Crippen LogP contribution in [0.2, 0.25) is 5.02 Å². The number of rotatable bonds is 3. The summed E-state index contributed by atoms with van der Waals surface area (Å²) in [5, 5.41) is 0.221. The summed E-state index contributed by atoms with van der Waals surface area (Å²) < 4.78 is 26.6. The van der Waals surface area contributed by atoms with Crippen molar-refractivity contribution in [3.05, 3.63) is 69.7 Å². The summed E-state index contributed by atoms with van der Waals surface area (Å²) in [7, 11) is 0. The van der Waals surface area contributed by atoms with Gasteiger partial charge in [-0.2, -0.15) is 0 Å².